The van der Waals surface area contributed by atoms with Crippen LogP contribution in [-0.2, 0) is 6.54 Å². The van der Waals surface area contributed by atoms with Gasteiger partial charge in [0.2, 0.25) is 0 Å². The lowest BCUT2D eigenvalue weighted by Gasteiger charge is -2.42. The van der Waals surface area contributed by atoms with E-state index in [0.29, 0.717) is 16.3 Å². The Labute approximate surface area is 165 Å². The molecule has 2 N–H and O–H groups in total. The van der Waals surface area contributed by atoms with E-state index in [1.54, 1.807) is 18.5 Å². The number of rotatable bonds is 2. The molecule has 0 aromatic carbocycles. The fourth-order valence-electron chi connectivity index (χ4n) is 4.43. The lowest BCUT2D eigenvalue weighted by molar-refractivity contribution is 0.133. The molecule has 3 aromatic rings. The Hall–Kier alpha value is -2.94. The number of pyridine rings is 1. The topological polar surface area (TPSA) is 109 Å². The largest absolute Gasteiger partial charge is 0.465 e. The number of nitrogens with one attached hydrogen (secondary N) is 1. The van der Waals surface area contributed by atoms with Crippen molar-refractivity contribution >= 4 is 34.7 Å². The Bertz CT molecular complexity index is 1060. The molecule has 1 fully saturated rings. The number of piperidine rings is 1. The predicted molar refractivity (Wildman–Crippen MR) is 102 cm³/mol. The maximum absolute atomic E-state index is 11.4. The van der Waals surface area contributed by atoms with E-state index in [2.05, 4.69) is 30.3 Å². The van der Waals surface area contributed by atoms with Crippen molar-refractivity contribution in [2.24, 2.45) is 5.41 Å². The fraction of sp³-hybridized carbons (Fsp3) is 0.389. The molecule has 10 heteroatoms. The molecule has 0 unspecified atom stereocenters. The summed E-state index contributed by atoms with van der Waals surface area (Å²) in [5, 5.41) is 16.8. The van der Waals surface area contributed by atoms with Gasteiger partial charge >= 0.3 is 6.09 Å². The summed E-state index contributed by atoms with van der Waals surface area (Å²) in [6, 6.07) is 5.17. The maximum Gasteiger partial charge on any atom is 0.405 e. The predicted octanol–water partition coefficient (Wildman–Crippen LogP) is 2.48. The van der Waals surface area contributed by atoms with E-state index >= 15 is 0 Å². The highest BCUT2D eigenvalue weighted by Gasteiger charge is 2.49. The molecule has 144 valence electrons. The van der Waals surface area contributed by atoms with Gasteiger partial charge in [0.15, 0.2) is 5.65 Å². The van der Waals surface area contributed by atoms with Gasteiger partial charge in [-0.3, -0.25) is 4.68 Å². The highest BCUT2D eigenvalue weighted by Crippen LogP contribution is 2.49. The molecular formula is C18H18ClN7O2. The Morgan fingerprint density at radius 3 is 2.86 bits per heavy atom. The molecule has 2 aliphatic heterocycles. The molecule has 5 heterocycles. The zero-order valence-corrected chi connectivity index (χ0v) is 15.7. The third-order valence-electron chi connectivity index (χ3n) is 5.83. The van der Waals surface area contributed by atoms with Crippen LogP contribution in [0.1, 0.15) is 24.6 Å². The van der Waals surface area contributed by atoms with Gasteiger partial charge in [-0.25, -0.2) is 19.7 Å². The number of nitrogens with zero attached hydrogens (tertiary/aromatic N) is 6. The van der Waals surface area contributed by atoms with Crippen LogP contribution in [0.15, 0.2) is 30.6 Å². The summed E-state index contributed by atoms with van der Waals surface area (Å²) < 4.78 is 1.92. The number of halogens is 1. The van der Waals surface area contributed by atoms with Crippen LogP contribution in [-0.4, -0.2) is 49.0 Å². The number of carboxylic acid groups (broad SMARTS) is 1. The Kier molecular flexibility index (Phi) is 3.87. The van der Waals surface area contributed by atoms with Gasteiger partial charge in [-0.2, -0.15) is 5.10 Å². The standard InChI is InChI=1S/C18H18ClN7O2/c19-13-2-1-11-16(23-13)20-9-14(22-11)25-7-4-18(5-8-25)10-26-12(3-6-21-26)15(18)24-17(27)28/h1-3,6,9,15,24H,4-5,7-8,10H2,(H,27,28)/t15-/m1/s1. The summed E-state index contributed by atoms with van der Waals surface area (Å²) in [6.45, 7) is 2.26. The van der Waals surface area contributed by atoms with Crippen LogP contribution >= 0.6 is 11.6 Å². The van der Waals surface area contributed by atoms with Crippen molar-refractivity contribution in [2.45, 2.75) is 25.4 Å². The van der Waals surface area contributed by atoms with E-state index in [1.165, 1.54) is 0 Å². The van der Waals surface area contributed by atoms with E-state index in [4.69, 9.17) is 11.6 Å². The molecule has 3 aromatic heterocycles. The molecule has 28 heavy (non-hydrogen) atoms. The number of amides is 1. The Morgan fingerprint density at radius 2 is 2.07 bits per heavy atom. The maximum atomic E-state index is 11.4. The first-order chi connectivity index (χ1) is 13.5. The monoisotopic (exact) mass is 399 g/mol. The zero-order valence-electron chi connectivity index (χ0n) is 14.9. The van der Waals surface area contributed by atoms with Gasteiger partial charge in [0.25, 0.3) is 0 Å². The molecular weight excluding hydrogens is 382 g/mol. The summed E-state index contributed by atoms with van der Waals surface area (Å²) in [6.07, 6.45) is 4.10. The third kappa shape index (κ3) is 2.73. The van der Waals surface area contributed by atoms with Gasteiger partial charge in [-0.1, -0.05) is 11.6 Å². The highest BCUT2D eigenvalue weighted by molar-refractivity contribution is 6.29. The van der Waals surface area contributed by atoms with Crippen molar-refractivity contribution < 1.29 is 9.90 Å². The average Bonchev–Trinajstić information content (AvgIpc) is 3.23. The van der Waals surface area contributed by atoms with Crippen molar-refractivity contribution in [3.8, 4) is 0 Å². The van der Waals surface area contributed by atoms with Crippen LogP contribution in [0.4, 0.5) is 10.6 Å². The molecule has 1 amide bonds. The van der Waals surface area contributed by atoms with Crippen LogP contribution in [0.5, 0.6) is 0 Å². The number of anilines is 1. The first-order valence-corrected chi connectivity index (χ1v) is 9.47. The van der Waals surface area contributed by atoms with Crippen LogP contribution in [0.25, 0.3) is 11.2 Å². The van der Waals surface area contributed by atoms with Gasteiger partial charge in [0, 0.05) is 31.2 Å². The lowest BCUT2D eigenvalue weighted by atomic mass is 9.73. The second-order valence-corrected chi connectivity index (χ2v) is 7.74. The smallest absolute Gasteiger partial charge is 0.405 e. The minimum Gasteiger partial charge on any atom is -0.465 e. The minimum atomic E-state index is -1.01. The average molecular weight is 400 g/mol. The second kappa shape index (κ2) is 6.30. The SMILES string of the molecule is O=C(O)N[C@@H]1c2ccnn2CC12CCN(c1cnc3nc(Cl)ccc3n1)CC2. The molecule has 5 rings (SSSR count). The van der Waals surface area contributed by atoms with E-state index in [-0.39, 0.29) is 11.5 Å². The van der Waals surface area contributed by atoms with Gasteiger partial charge < -0.3 is 15.3 Å². The molecule has 2 aliphatic rings. The lowest BCUT2D eigenvalue weighted by Crippen LogP contribution is -2.47. The first kappa shape index (κ1) is 17.2. The molecule has 0 bridgehead atoms. The van der Waals surface area contributed by atoms with Gasteiger partial charge in [0.05, 0.1) is 17.9 Å². The molecule has 0 radical (unpaired) electrons. The van der Waals surface area contributed by atoms with Crippen molar-refractivity contribution in [3.05, 3.63) is 41.4 Å². The van der Waals surface area contributed by atoms with Crippen LogP contribution < -0.4 is 10.2 Å². The Balaban J connectivity index is 1.38. The quantitative estimate of drug-likeness (QED) is 0.637. The molecule has 1 spiro atoms. The normalized spacial score (nSPS) is 20.5. The summed E-state index contributed by atoms with van der Waals surface area (Å²) >= 11 is 5.91. The fourth-order valence-corrected chi connectivity index (χ4v) is 4.57. The van der Waals surface area contributed by atoms with Crippen LogP contribution in [0.3, 0.4) is 0 Å². The summed E-state index contributed by atoms with van der Waals surface area (Å²) in [4.78, 5) is 26.8. The highest BCUT2D eigenvalue weighted by atomic mass is 35.5. The second-order valence-electron chi connectivity index (χ2n) is 7.35. The number of fused-ring (bicyclic) bond motifs is 2. The summed E-state index contributed by atoms with van der Waals surface area (Å²) in [7, 11) is 0. The van der Waals surface area contributed by atoms with Crippen molar-refractivity contribution in [1.29, 1.82) is 0 Å². The molecule has 0 aliphatic carbocycles. The van der Waals surface area contributed by atoms with Crippen molar-refractivity contribution in [1.82, 2.24) is 30.0 Å². The van der Waals surface area contributed by atoms with Crippen molar-refractivity contribution in [2.75, 3.05) is 18.0 Å². The van der Waals surface area contributed by atoms with E-state index in [1.807, 2.05) is 16.8 Å². The van der Waals surface area contributed by atoms with Gasteiger partial charge in [0.1, 0.15) is 16.5 Å². The third-order valence-corrected chi connectivity index (χ3v) is 6.04. The van der Waals surface area contributed by atoms with E-state index < -0.39 is 6.09 Å². The summed E-state index contributed by atoms with van der Waals surface area (Å²) in [5.74, 6) is 0.796. The van der Waals surface area contributed by atoms with Crippen molar-refractivity contribution in [3.63, 3.8) is 0 Å². The number of aromatic nitrogens is 5. The van der Waals surface area contributed by atoms with Crippen LogP contribution in [0.2, 0.25) is 5.15 Å². The number of carbonyl (C=O) groups is 1. The van der Waals surface area contributed by atoms with Gasteiger partial charge in [-0.05, 0) is 31.0 Å². The molecule has 1 saturated heterocycles. The van der Waals surface area contributed by atoms with Gasteiger partial charge in [-0.15, -0.1) is 0 Å². The van der Waals surface area contributed by atoms with Crippen LogP contribution in [0, 0.1) is 5.41 Å². The minimum absolute atomic E-state index is 0.169. The van der Waals surface area contributed by atoms with E-state index in [9.17, 15) is 9.90 Å². The molecule has 0 saturated carbocycles. The first-order valence-electron chi connectivity index (χ1n) is 9.10. The number of hydrogen-bond acceptors (Lipinski definition) is 6. The Morgan fingerprint density at radius 1 is 1.25 bits per heavy atom. The number of hydrogen-bond donors (Lipinski definition) is 2. The summed E-state index contributed by atoms with van der Waals surface area (Å²) in [5.41, 5.74) is 1.99. The molecule has 1 atom stereocenters. The zero-order chi connectivity index (χ0) is 19.3. The molecule has 9 nitrogen and oxygen atoms in total. The van der Waals surface area contributed by atoms with E-state index in [0.717, 1.165) is 44.0 Å².